The molecule has 86 valence electrons. The Kier molecular flexibility index (Phi) is 5.18. The van der Waals surface area contributed by atoms with Crippen molar-refractivity contribution >= 4 is 5.95 Å². The van der Waals surface area contributed by atoms with Crippen molar-refractivity contribution in [1.82, 2.24) is 9.55 Å². The summed E-state index contributed by atoms with van der Waals surface area (Å²) in [5, 5.41) is 3.25. The van der Waals surface area contributed by atoms with Crippen LogP contribution in [0.1, 0.15) is 20.3 Å². The minimum atomic E-state index is 0.618. The van der Waals surface area contributed by atoms with Gasteiger partial charge in [0.1, 0.15) is 0 Å². The Bertz CT molecular complexity index is 271. The summed E-state index contributed by atoms with van der Waals surface area (Å²) in [6.45, 7) is 6.89. The number of rotatable bonds is 7. The van der Waals surface area contributed by atoms with E-state index in [1.165, 1.54) is 0 Å². The summed E-state index contributed by atoms with van der Waals surface area (Å²) in [5.74, 6) is 1.53. The van der Waals surface area contributed by atoms with Crippen LogP contribution in [0.3, 0.4) is 0 Å². The zero-order valence-corrected chi connectivity index (χ0v) is 9.86. The predicted molar refractivity (Wildman–Crippen MR) is 62.0 cm³/mol. The van der Waals surface area contributed by atoms with Crippen LogP contribution in [-0.4, -0.2) is 29.3 Å². The maximum Gasteiger partial charge on any atom is 0.202 e. The summed E-state index contributed by atoms with van der Waals surface area (Å²) in [4.78, 5) is 4.17. The van der Waals surface area contributed by atoms with E-state index in [1.54, 1.807) is 6.20 Å². The SMILES string of the molecule is CC(C)COCCCNc1nccn1C. The van der Waals surface area contributed by atoms with Gasteiger partial charge in [-0.1, -0.05) is 13.8 Å². The fourth-order valence-electron chi connectivity index (χ4n) is 1.23. The molecule has 0 fully saturated rings. The Morgan fingerprint density at radius 3 is 2.93 bits per heavy atom. The number of hydrogen-bond acceptors (Lipinski definition) is 3. The van der Waals surface area contributed by atoms with Crippen molar-refractivity contribution < 1.29 is 4.74 Å². The molecule has 1 heterocycles. The molecule has 0 aliphatic rings. The van der Waals surface area contributed by atoms with Gasteiger partial charge in [-0.3, -0.25) is 0 Å². The molecule has 1 aromatic heterocycles. The summed E-state index contributed by atoms with van der Waals surface area (Å²) < 4.78 is 7.44. The van der Waals surface area contributed by atoms with E-state index in [9.17, 15) is 0 Å². The molecule has 15 heavy (non-hydrogen) atoms. The van der Waals surface area contributed by atoms with Gasteiger partial charge >= 0.3 is 0 Å². The van der Waals surface area contributed by atoms with E-state index >= 15 is 0 Å². The Labute approximate surface area is 91.7 Å². The lowest BCUT2D eigenvalue weighted by molar-refractivity contribution is 0.110. The highest BCUT2D eigenvalue weighted by molar-refractivity contribution is 5.24. The number of aryl methyl sites for hydroxylation is 1. The molecule has 0 radical (unpaired) electrons. The fourth-order valence-corrected chi connectivity index (χ4v) is 1.23. The average Bonchev–Trinajstić information content (AvgIpc) is 2.57. The lowest BCUT2D eigenvalue weighted by Gasteiger charge is -2.08. The van der Waals surface area contributed by atoms with Crippen LogP contribution >= 0.6 is 0 Å². The molecule has 0 saturated heterocycles. The summed E-state index contributed by atoms with van der Waals surface area (Å²) in [6.07, 6.45) is 4.73. The highest BCUT2D eigenvalue weighted by atomic mass is 16.5. The number of imidazole rings is 1. The van der Waals surface area contributed by atoms with Crippen molar-refractivity contribution in [2.45, 2.75) is 20.3 Å². The molecule has 1 aromatic rings. The second-order valence-corrected chi connectivity index (χ2v) is 4.11. The molecular weight excluding hydrogens is 190 g/mol. The van der Waals surface area contributed by atoms with E-state index in [2.05, 4.69) is 24.1 Å². The van der Waals surface area contributed by atoms with Gasteiger partial charge in [0.05, 0.1) is 0 Å². The van der Waals surface area contributed by atoms with Crippen LogP contribution in [0.25, 0.3) is 0 Å². The predicted octanol–water partition coefficient (Wildman–Crippen LogP) is 1.89. The minimum absolute atomic E-state index is 0.618. The van der Waals surface area contributed by atoms with E-state index in [1.807, 2.05) is 17.8 Å². The van der Waals surface area contributed by atoms with Crippen molar-refractivity contribution in [2.24, 2.45) is 13.0 Å². The normalized spacial score (nSPS) is 10.9. The van der Waals surface area contributed by atoms with E-state index in [-0.39, 0.29) is 0 Å². The van der Waals surface area contributed by atoms with Crippen LogP contribution in [0, 0.1) is 5.92 Å². The van der Waals surface area contributed by atoms with Crippen molar-refractivity contribution in [2.75, 3.05) is 25.1 Å². The third kappa shape index (κ3) is 4.83. The summed E-state index contributed by atoms with van der Waals surface area (Å²) >= 11 is 0. The third-order valence-corrected chi connectivity index (χ3v) is 2.02. The molecule has 4 heteroatoms. The van der Waals surface area contributed by atoms with E-state index in [0.717, 1.165) is 32.1 Å². The van der Waals surface area contributed by atoms with Crippen LogP contribution in [0.2, 0.25) is 0 Å². The summed E-state index contributed by atoms with van der Waals surface area (Å²) in [5.41, 5.74) is 0. The van der Waals surface area contributed by atoms with Gasteiger partial charge in [-0.05, 0) is 12.3 Å². The van der Waals surface area contributed by atoms with Gasteiger partial charge in [-0.25, -0.2) is 4.98 Å². The molecule has 0 saturated carbocycles. The molecule has 0 aromatic carbocycles. The average molecular weight is 211 g/mol. The molecule has 0 atom stereocenters. The van der Waals surface area contributed by atoms with Gasteiger partial charge in [0, 0.05) is 39.2 Å². The molecule has 0 aliphatic heterocycles. The first kappa shape index (κ1) is 12.0. The first-order valence-corrected chi connectivity index (χ1v) is 5.49. The Hall–Kier alpha value is -1.03. The minimum Gasteiger partial charge on any atom is -0.381 e. The molecule has 0 aliphatic carbocycles. The van der Waals surface area contributed by atoms with Crippen LogP contribution in [0.5, 0.6) is 0 Å². The molecule has 0 amide bonds. The molecule has 4 nitrogen and oxygen atoms in total. The number of nitrogens with one attached hydrogen (secondary N) is 1. The highest BCUT2D eigenvalue weighted by Crippen LogP contribution is 2.00. The number of hydrogen-bond donors (Lipinski definition) is 1. The molecule has 0 bridgehead atoms. The zero-order valence-electron chi connectivity index (χ0n) is 9.86. The van der Waals surface area contributed by atoms with Crippen molar-refractivity contribution in [3.8, 4) is 0 Å². The Morgan fingerprint density at radius 2 is 2.33 bits per heavy atom. The van der Waals surface area contributed by atoms with Gasteiger partial charge < -0.3 is 14.6 Å². The fraction of sp³-hybridized carbons (Fsp3) is 0.727. The topological polar surface area (TPSA) is 39.1 Å². The zero-order chi connectivity index (χ0) is 11.1. The van der Waals surface area contributed by atoms with Gasteiger partial charge in [0.15, 0.2) is 0 Å². The van der Waals surface area contributed by atoms with E-state index in [0.29, 0.717) is 5.92 Å². The molecule has 1 rings (SSSR count). The number of ether oxygens (including phenoxy) is 1. The van der Waals surface area contributed by atoms with Crippen LogP contribution < -0.4 is 5.32 Å². The lowest BCUT2D eigenvalue weighted by Crippen LogP contribution is -2.10. The smallest absolute Gasteiger partial charge is 0.202 e. The Balaban J connectivity index is 2.00. The Morgan fingerprint density at radius 1 is 1.53 bits per heavy atom. The second kappa shape index (κ2) is 6.45. The molecule has 0 spiro atoms. The molecule has 1 N–H and O–H groups in total. The van der Waals surface area contributed by atoms with E-state index in [4.69, 9.17) is 4.74 Å². The molecular formula is C11H21N3O. The van der Waals surface area contributed by atoms with Crippen LogP contribution in [-0.2, 0) is 11.8 Å². The maximum absolute atomic E-state index is 5.48. The van der Waals surface area contributed by atoms with Crippen LogP contribution in [0.4, 0.5) is 5.95 Å². The first-order chi connectivity index (χ1) is 7.20. The standard InChI is InChI=1S/C11H21N3O/c1-10(2)9-15-8-4-5-12-11-13-6-7-14(11)3/h6-7,10H,4-5,8-9H2,1-3H3,(H,12,13). The van der Waals surface area contributed by atoms with Crippen molar-refractivity contribution in [1.29, 1.82) is 0 Å². The largest absolute Gasteiger partial charge is 0.381 e. The second-order valence-electron chi connectivity index (χ2n) is 4.11. The number of nitrogens with zero attached hydrogens (tertiary/aromatic N) is 2. The monoisotopic (exact) mass is 211 g/mol. The summed E-state index contributed by atoms with van der Waals surface area (Å²) in [7, 11) is 1.98. The third-order valence-electron chi connectivity index (χ3n) is 2.02. The maximum atomic E-state index is 5.48. The first-order valence-electron chi connectivity index (χ1n) is 5.49. The van der Waals surface area contributed by atoms with Crippen molar-refractivity contribution in [3.05, 3.63) is 12.4 Å². The van der Waals surface area contributed by atoms with Gasteiger partial charge in [0.2, 0.25) is 5.95 Å². The van der Waals surface area contributed by atoms with Gasteiger partial charge in [0.25, 0.3) is 0 Å². The van der Waals surface area contributed by atoms with Crippen molar-refractivity contribution in [3.63, 3.8) is 0 Å². The quantitative estimate of drug-likeness (QED) is 0.700. The summed E-state index contributed by atoms with van der Waals surface area (Å²) in [6, 6.07) is 0. The highest BCUT2D eigenvalue weighted by Gasteiger charge is 1.97. The van der Waals surface area contributed by atoms with Crippen LogP contribution in [0.15, 0.2) is 12.4 Å². The van der Waals surface area contributed by atoms with Gasteiger partial charge in [-0.15, -0.1) is 0 Å². The number of anilines is 1. The molecule has 0 unspecified atom stereocenters. The van der Waals surface area contributed by atoms with Gasteiger partial charge in [-0.2, -0.15) is 0 Å². The number of aromatic nitrogens is 2. The van der Waals surface area contributed by atoms with E-state index < -0.39 is 0 Å². The lowest BCUT2D eigenvalue weighted by atomic mass is 10.2.